The van der Waals surface area contributed by atoms with Crippen molar-refractivity contribution in [3.05, 3.63) is 29.8 Å². The molecule has 1 atom stereocenters. The molecule has 21 heavy (non-hydrogen) atoms. The number of carbonyl (C=O) groups is 1. The van der Waals surface area contributed by atoms with Crippen LogP contribution in [0.1, 0.15) is 19.4 Å². The molecular formula is C17H22N2O2. The van der Waals surface area contributed by atoms with E-state index in [-0.39, 0.29) is 11.9 Å². The van der Waals surface area contributed by atoms with E-state index in [4.69, 9.17) is 11.2 Å². The smallest absolute Gasteiger partial charge is 0.239 e. The maximum atomic E-state index is 12.1. The topological polar surface area (TPSA) is 32.8 Å². The van der Waals surface area contributed by atoms with Crippen LogP contribution in [0.5, 0.6) is 5.75 Å². The van der Waals surface area contributed by atoms with Gasteiger partial charge >= 0.3 is 0 Å². The molecule has 1 heterocycles. The number of amides is 1. The summed E-state index contributed by atoms with van der Waals surface area (Å²) in [5.74, 6) is 3.59. The molecular weight excluding hydrogens is 264 g/mol. The molecule has 1 aromatic rings. The third-order valence-electron chi connectivity index (χ3n) is 3.92. The quantitative estimate of drug-likeness (QED) is 0.771. The van der Waals surface area contributed by atoms with Crippen LogP contribution < -0.4 is 4.74 Å². The second-order valence-corrected chi connectivity index (χ2v) is 5.15. The summed E-state index contributed by atoms with van der Waals surface area (Å²) in [6, 6.07) is 7.41. The molecule has 2 rings (SSSR count). The van der Waals surface area contributed by atoms with Crippen LogP contribution in [-0.4, -0.2) is 54.5 Å². The lowest BCUT2D eigenvalue weighted by Gasteiger charge is -2.38. The molecule has 0 aromatic heterocycles. The van der Waals surface area contributed by atoms with Gasteiger partial charge in [-0.05, 0) is 38.1 Å². The van der Waals surface area contributed by atoms with Crippen molar-refractivity contribution in [3.63, 3.8) is 0 Å². The summed E-state index contributed by atoms with van der Waals surface area (Å²) in [4.78, 5) is 16.2. The van der Waals surface area contributed by atoms with Crippen LogP contribution in [0, 0.1) is 12.3 Å². The average molecular weight is 286 g/mol. The Morgan fingerprint density at radius 3 is 2.67 bits per heavy atom. The molecule has 0 spiro atoms. The van der Waals surface area contributed by atoms with E-state index < -0.39 is 0 Å². The minimum Gasteiger partial charge on any atom is -0.492 e. The van der Waals surface area contributed by atoms with Gasteiger partial charge < -0.3 is 9.64 Å². The molecule has 112 valence electrons. The van der Waals surface area contributed by atoms with Crippen LogP contribution >= 0.6 is 0 Å². The van der Waals surface area contributed by atoms with E-state index in [1.165, 1.54) is 0 Å². The summed E-state index contributed by atoms with van der Waals surface area (Å²) < 4.78 is 5.71. The lowest BCUT2D eigenvalue weighted by Crippen LogP contribution is -2.56. The molecule has 0 aliphatic carbocycles. The van der Waals surface area contributed by atoms with Gasteiger partial charge in [-0.1, -0.05) is 5.92 Å². The van der Waals surface area contributed by atoms with Gasteiger partial charge in [-0.25, -0.2) is 0 Å². The fraction of sp³-hybridized carbons (Fsp3) is 0.471. The van der Waals surface area contributed by atoms with Gasteiger partial charge in [-0.2, -0.15) is 0 Å². The molecule has 0 radical (unpaired) electrons. The minimum atomic E-state index is -0.0638. The highest BCUT2D eigenvalue weighted by molar-refractivity contribution is 5.82. The Morgan fingerprint density at radius 1 is 1.33 bits per heavy atom. The summed E-state index contributed by atoms with van der Waals surface area (Å²) in [6.07, 6.45) is 5.32. The monoisotopic (exact) mass is 286 g/mol. The minimum absolute atomic E-state index is 0.0638. The number of nitrogens with zero attached hydrogens (tertiary/aromatic N) is 2. The molecule has 1 fully saturated rings. The fourth-order valence-corrected chi connectivity index (χ4v) is 2.52. The fourth-order valence-electron chi connectivity index (χ4n) is 2.52. The van der Waals surface area contributed by atoms with Crippen molar-refractivity contribution in [1.82, 2.24) is 9.80 Å². The predicted octanol–water partition coefficient (Wildman–Crippen LogP) is 1.60. The lowest BCUT2D eigenvalue weighted by molar-refractivity contribution is -0.140. The first-order valence-corrected chi connectivity index (χ1v) is 7.38. The lowest BCUT2D eigenvalue weighted by atomic mass is 10.2. The van der Waals surface area contributed by atoms with Crippen molar-refractivity contribution in [2.45, 2.75) is 19.9 Å². The SMILES string of the molecule is C#Cc1ccc(OCCN2CCN(CC)C(=O)C2C)cc1. The van der Waals surface area contributed by atoms with Gasteiger partial charge in [-0.3, -0.25) is 9.69 Å². The Labute approximate surface area is 126 Å². The molecule has 1 amide bonds. The van der Waals surface area contributed by atoms with Crippen molar-refractivity contribution in [1.29, 1.82) is 0 Å². The first-order chi connectivity index (χ1) is 10.2. The zero-order valence-corrected chi connectivity index (χ0v) is 12.7. The largest absolute Gasteiger partial charge is 0.492 e. The number of benzene rings is 1. The molecule has 4 nitrogen and oxygen atoms in total. The summed E-state index contributed by atoms with van der Waals surface area (Å²) in [5.41, 5.74) is 0.845. The van der Waals surface area contributed by atoms with Gasteiger partial charge in [0.25, 0.3) is 0 Å². The van der Waals surface area contributed by atoms with E-state index in [1.807, 2.05) is 43.0 Å². The van der Waals surface area contributed by atoms with E-state index >= 15 is 0 Å². The third-order valence-corrected chi connectivity index (χ3v) is 3.92. The summed E-state index contributed by atoms with van der Waals surface area (Å²) in [5, 5.41) is 0. The van der Waals surface area contributed by atoms with E-state index in [1.54, 1.807) is 0 Å². The number of hydrogen-bond donors (Lipinski definition) is 0. The number of terminal acetylenes is 1. The number of piperazine rings is 1. The first-order valence-electron chi connectivity index (χ1n) is 7.38. The molecule has 0 bridgehead atoms. The zero-order valence-electron chi connectivity index (χ0n) is 12.7. The average Bonchev–Trinajstić information content (AvgIpc) is 2.52. The van der Waals surface area contributed by atoms with E-state index in [0.717, 1.165) is 37.5 Å². The Morgan fingerprint density at radius 2 is 2.05 bits per heavy atom. The van der Waals surface area contributed by atoms with Gasteiger partial charge in [0, 0.05) is 31.7 Å². The number of likely N-dealkylation sites (N-methyl/N-ethyl adjacent to an activating group) is 1. The van der Waals surface area contributed by atoms with Gasteiger partial charge in [0.05, 0.1) is 6.04 Å². The molecule has 0 saturated carbocycles. The van der Waals surface area contributed by atoms with E-state index in [0.29, 0.717) is 6.61 Å². The summed E-state index contributed by atoms with van der Waals surface area (Å²) >= 11 is 0. The van der Waals surface area contributed by atoms with E-state index in [9.17, 15) is 4.79 Å². The third kappa shape index (κ3) is 3.77. The second kappa shape index (κ2) is 7.14. The van der Waals surface area contributed by atoms with Crippen molar-refractivity contribution < 1.29 is 9.53 Å². The highest BCUT2D eigenvalue weighted by Crippen LogP contribution is 2.13. The van der Waals surface area contributed by atoms with Gasteiger partial charge in [0.2, 0.25) is 5.91 Å². The van der Waals surface area contributed by atoms with Gasteiger partial charge in [0.1, 0.15) is 12.4 Å². The van der Waals surface area contributed by atoms with Crippen molar-refractivity contribution in [2.75, 3.05) is 32.8 Å². The predicted molar refractivity (Wildman–Crippen MR) is 83.2 cm³/mol. The number of rotatable bonds is 5. The van der Waals surface area contributed by atoms with Gasteiger partial charge in [-0.15, -0.1) is 6.42 Å². The molecule has 1 aromatic carbocycles. The number of carbonyl (C=O) groups excluding carboxylic acids is 1. The summed E-state index contributed by atoms with van der Waals surface area (Å²) in [7, 11) is 0. The first kappa shape index (κ1) is 15.4. The molecule has 1 saturated heterocycles. The van der Waals surface area contributed by atoms with Crippen molar-refractivity contribution >= 4 is 5.91 Å². The standard InChI is InChI=1S/C17H22N2O2/c1-4-15-6-8-16(9-7-15)21-13-12-19-11-10-18(5-2)17(20)14(19)3/h1,6-9,14H,5,10-13H2,2-3H3. The Kier molecular flexibility index (Phi) is 5.24. The second-order valence-electron chi connectivity index (χ2n) is 5.15. The molecule has 1 unspecified atom stereocenters. The number of hydrogen-bond acceptors (Lipinski definition) is 3. The van der Waals surface area contributed by atoms with Crippen LogP contribution in [-0.2, 0) is 4.79 Å². The normalized spacial score (nSPS) is 19.4. The van der Waals surface area contributed by atoms with Crippen LogP contribution in [0.4, 0.5) is 0 Å². The zero-order chi connectivity index (χ0) is 15.2. The molecule has 0 N–H and O–H groups in total. The molecule has 1 aliphatic heterocycles. The number of ether oxygens (including phenoxy) is 1. The highest BCUT2D eigenvalue weighted by Gasteiger charge is 2.29. The highest BCUT2D eigenvalue weighted by atomic mass is 16.5. The maximum absolute atomic E-state index is 12.1. The van der Waals surface area contributed by atoms with Crippen LogP contribution in [0.3, 0.4) is 0 Å². The van der Waals surface area contributed by atoms with Crippen LogP contribution in [0.15, 0.2) is 24.3 Å². The van der Waals surface area contributed by atoms with Gasteiger partial charge in [0.15, 0.2) is 0 Å². The van der Waals surface area contributed by atoms with E-state index in [2.05, 4.69) is 10.8 Å². The Hall–Kier alpha value is -1.99. The Balaban J connectivity index is 1.80. The summed E-state index contributed by atoms with van der Waals surface area (Å²) in [6.45, 7) is 7.79. The van der Waals surface area contributed by atoms with Crippen molar-refractivity contribution in [3.8, 4) is 18.1 Å². The van der Waals surface area contributed by atoms with Crippen LogP contribution in [0.2, 0.25) is 0 Å². The Bertz CT molecular complexity index is 519. The van der Waals surface area contributed by atoms with Crippen molar-refractivity contribution in [2.24, 2.45) is 0 Å². The molecule has 1 aliphatic rings. The van der Waals surface area contributed by atoms with Crippen LogP contribution in [0.25, 0.3) is 0 Å². The maximum Gasteiger partial charge on any atom is 0.239 e. The molecule has 4 heteroatoms.